The van der Waals surface area contributed by atoms with Crippen molar-refractivity contribution in [1.29, 1.82) is 0 Å². The molecule has 184 valence electrons. The normalized spacial score (nSPS) is 11.6. The highest BCUT2D eigenvalue weighted by Crippen LogP contribution is 2.35. The average Bonchev–Trinajstić information content (AvgIpc) is 2.77. The molecule has 1 amide bonds. The van der Waals surface area contributed by atoms with E-state index >= 15 is 0 Å². The van der Waals surface area contributed by atoms with Crippen LogP contribution in [-0.2, 0) is 21.5 Å². The van der Waals surface area contributed by atoms with Gasteiger partial charge in [-0.3, -0.25) is 9.69 Å². The molecular weight excluding hydrogens is 463 g/mol. The number of amides is 1. The van der Waals surface area contributed by atoms with Crippen molar-refractivity contribution in [1.82, 2.24) is 0 Å². The van der Waals surface area contributed by atoms with E-state index in [0.29, 0.717) is 5.56 Å². The maximum Gasteiger partial charge on any atom is 0.573 e. The molecule has 0 aliphatic carbocycles. The molecule has 3 rings (SSSR count). The minimum absolute atomic E-state index is 0.0334. The molecule has 3 aromatic carbocycles. The van der Waals surface area contributed by atoms with Gasteiger partial charge in [-0.1, -0.05) is 57.2 Å². The van der Waals surface area contributed by atoms with Gasteiger partial charge in [0.15, 0.2) is 5.75 Å². The molecule has 3 aromatic rings. The fourth-order valence-corrected chi connectivity index (χ4v) is 3.28. The summed E-state index contributed by atoms with van der Waals surface area (Å²) in [5.74, 6) is -2.89. The van der Waals surface area contributed by atoms with E-state index in [2.05, 4.69) is 25.5 Å². The van der Waals surface area contributed by atoms with Gasteiger partial charge < -0.3 is 14.6 Å². The summed E-state index contributed by atoms with van der Waals surface area (Å²) in [6, 6.07) is 18.5. The SMILES string of the molecule is CC(C)(C)c1ccc(CN(C(=O)C(=O)O)c2ccccc2Oc2ccc(OC(F)(F)F)cc2)cc1. The van der Waals surface area contributed by atoms with Crippen molar-refractivity contribution in [3.8, 4) is 17.2 Å². The first-order valence-electron chi connectivity index (χ1n) is 10.6. The van der Waals surface area contributed by atoms with Crippen molar-refractivity contribution in [3.63, 3.8) is 0 Å². The van der Waals surface area contributed by atoms with E-state index in [1.807, 2.05) is 24.3 Å². The summed E-state index contributed by atoms with van der Waals surface area (Å²) in [6.07, 6.45) is -4.82. The lowest BCUT2D eigenvalue weighted by molar-refractivity contribution is -0.274. The maximum absolute atomic E-state index is 12.6. The van der Waals surface area contributed by atoms with Gasteiger partial charge in [0.25, 0.3) is 0 Å². The largest absolute Gasteiger partial charge is 0.573 e. The number of ether oxygens (including phenoxy) is 2. The van der Waals surface area contributed by atoms with E-state index in [0.717, 1.165) is 22.6 Å². The number of alkyl halides is 3. The summed E-state index contributed by atoms with van der Waals surface area (Å²) in [7, 11) is 0. The zero-order chi connectivity index (χ0) is 25.8. The molecule has 0 saturated carbocycles. The second kappa shape index (κ2) is 10.1. The lowest BCUT2D eigenvalue weighted by Crippen LogP contribution is -2.36. The molecule has 0 saturated heterocycles. The summed E-state index contributed by atoms with van der Waals surface area (Å²) >= 11 is 0. The number of carboxylic acid groups (broad SMARTS) is 1. The molecular formula is C26H24F3NO5. The van der Waals surface area contributed by atoms with Crippen molar-refractivity contribution >= 4 is 17.6 Å². The molecule has 0 unspecified atom stereocenters. The third-order valence-corrected chi connectivity index (χ3v) is 5.03. The number of carbonyl (C=O) groups excluding carboxylic acids is 1. The summed E-state index contributed by atoms with van der Waals surface area (Å²) < 4.78 is 46.8. The van der Waals surface area contributed by atoms with Gasteiger partial charge in [0.1, 0.15) is 11.5 Å². The highest BCUT2D eigenvalue weighted by molar-refractivity contribution is 6.37. The summed E-state index contributed by atoms with van der Waals surface area (Å²) in [4.78, 5) is 25.3. The highest BCUT2D eigenvalue weighted by atomic mass is 19.4. The quantitative estimate of drug-likeness (QED) is 0.414. The number of carboxylic acids is 1. The van der Waals surface area contributed by atoms with Crippen LogP contribution in [0.15, 0.2) is 72.8 Å². The van der Waals surface area contributed by atoms with Crippen molar-refractivity contribution in [2.45, 2.75) is 39.1 Å². The predicted octanol–water partition coefficient (Wildman–Crippen LogP) is 6.29. The van der Waals surface area contributed by atoms with Gasteiger partial charge in [-0.2, -0.15) is 0 Å². The highest BCUT2D eigenvalue weighted by Gasteiger charge is 2.31. The second-order valence-electron chi connectivity index (χ2n) is 8.73. The Morgan fingerprint density at radius 2 is 1.43 bits per heavy atom. The van der Waals surface area contributed by atoms with E-state index in [-0.39, 0.29) is 29.1 Å². The van der Waals surface area contributed by atoms with Crippen molar-refractivity contribution in [2.24, 2.45) is 0 Å². The lowest BCUT2D eigenvalue weighted by Gasteiger charge is -2.24. The number of hydrogen-bond donors (Lipinski definition) is 1. The van der Waals surface area contributed by atoms with Gasteiger partial charge in [0.2, 0.25) is 0 Å². The number of nitrogens with zero attached hydrogens (tertiary/aromatic N) is 1. The number of benzene rings is 3. The van der Waals surface area contributed by atoms with Gasteiger partial charge in [-0.15, -0.1) is 13.2 Å². The zero-order valence-corrected chi connectivity index (χ0v) is 19.3. The Hall–Kier alpha value is -4.01. The first kappa shape index (κ1) is 25.6. The van der Waals surface area contributed by atoms with Crippen molar-refractivity contribution < 1.29 is 37.3 Å². The third-order valence-electron chi connectivity index (χ3n) is 5.03. The Morgan fingerprint density at radius 3 is 1.97 bits per heavy atom. The Morgan fingerprint density at radius 1 is 0.857 bits per heavy atom. The van der Waals surface area contributed by atoms with Crippen LogP contribution in [0.25, 0.3) is 0 Å². The number of aliphatic carboxylic acids is 1. The Bertz CT molecular complexity index is 1180. The van der Waals surface area contributed by atoms with E-state index < -0.39 is 24.0 Å². The van der Waals surface area contributed by atoms with Gasteiger partial charge in [0.05, 0.1) is 12.2 Å². The van der Waals surface area contributed by atoms with Crippen LogP contribution in [0.4, 0.5) is 18.9 Å². The van der Waals surface area contributed by atoms with E-state index in [1.54, 1.807) is 12.1 Å². The van der Waals surface area contributed by atoms with Gasteiger partial charge in [0, 0.05) is 0 Å². The number of carbonyl (C=O) groups is 2. The molecule has 1 N–H and O–H groups in total. The second-order valence-corrected chi connectivity index (χ2v) is 8.73. The van der Waals surface area contributed by atoms with Crippen LogP contribution < -0.4 is 14.4 Å². The zero-order valence-electron chi connectivity index (χ0n) is 19.3. The van der Waals surface area contributed by atoms with Crippen LogP contribution in [0.5, 0.6) is 17.2 Å². The summed E-state index contributed by atoms with van der Waals surface area (Å²) in [5.41, 5.74) is 1.90. The topological polar surface area (TPSA) is 76.1 Å². The minimum atomic E-state index is -4.82. The number of anilines is 1. The van der Waals surface area contributed by atoms with Crippen LogP contribution >= 0.6 is 0 Å². The molecule has 0 atom stereocenters. The number of rotatable bonds is 6. The number of halogens is 3. The molecule has 0 aliphatic heterocycles. The van der Waals surface area contributed by atoms with E-state index in [9.17, 15) is 27.9 Å². The molecule has 0 heterocycles. The van der Waals surface area contributed by atoms with Crippen molar-refractivity contribution in [3.05, 3.63) is 83.9 Å². The van der Waals surface area contributed by atoms with Crippen LogP contribution in [0.2, 0.25) is 0 Å². The predicted molar refractivity (Wildman–Crippen MR) is 124 cm³/mol. The minimum Gasteiger partial charge on any atom is -0.474 e. The van der Waals surface area contributed by atoms with Crippen LogP contribution in [0.3, 0.4) is 0 Å². The molecule has 0 fully saturated rings. The van der Waals surface area contributed by atoms with Crippen molar-refractivity contribution in [2.75, 3.05) is 4.90 Å². The van der Waals surface area contributed by atoms with E-state index in [1.165, 1.54) is 24.3 Å². The lowest BCUT2D eigenvalue weighted by atomic mass is 9.87. The van der Waals surface area contributed by atoms with Gasteiger partial charge >= 0.3 is 18.2 Å². The standard InChI is InChI=1S/C26H24F3NO5/c1-25(2,3)18-10-8-17(9-11-18)16-30(23(31)24(32)33)21-6-4-5-7-22(21)34-19-12-14-20(15-13-19)35-26(27,28)29/h4-15H,16H2,1-3H3,(H,32,33). The Labute approximate surface area is 200 Å². The molecule has 0 aromatic heterocycles. The molecule has 0 spiro atoms. The summed E-state index contributed by atoms with van der Waals surface area (Å²) in [6.45, 7) is 6.17. The number of para-hydroxylation sites is 2. The fraction of sp³-hybridized carbons (Fsp3) is 0.231. The van der Waals surface area contributed by atoms with Crippen LogP contribution in [0.1, 0.15) is 31.9 Å². The van der Waals surface area contributed by atoms with Crippen LogP contribution in [-0.4, -0.2) is 23.3 Å². The Kier molecular flexibility index (Phi) is 7.38. The van der Waals surface area contributed by atoms with Gasteiger partial charge in [-0.05, 0) is 52.9 Å². The smallest absolute Gasteiger partial charge is 0.474 e. The van der Waals surface area contributed by atoms with Crippen LogP contribution in [0, 0.1) is 0 Å². The molecule has 0 aliphatic rings. The maximum atomic E-state index is 12.6. The molecule has 35 heavy (non-hydrogen) atoms. The molecule has 0 radical (unpaired) electrons. The van der Waals surface area contributed by atoms with Gasteiger partial charge in [-0.25, -0.2) is 4.79 Å². The molecule has 6 nitrogen and oxygen atoms in total. The number of hydrogen-bond acceptors (Lipinski definition) is 4. The molecule has 0 bridgehead atoms. The fourth-order valence-electron chi connectivity index (χ4n) is 3.28. The van der Waals surface area contributed by atoms with E-state index in [4.69, 9.17) is 4.74 Å². The molecule has 9 heteroatoms. The third kappa shape index (κ3) is 6.99. The monoisotopic (exact) mass is 487 g/mol. The first-order valence-corrected chi connectivity index (χ1v) is 10.6. The Balaban J connectivity index is 1.90. The average molecular weight is 487 g/mol. The summed E-state index contributed by atoms with van der Waals surface area (Å²) in [5, 5.41) is 9.41. The first-order chi connectivity index (χ1) is 16.3.